The Bertz CT molecular complexity index is 2820. The molecule has 0 radical (unpaired) electrons. The summed E-state index contributed by atoms with van der Waals surface area (Å²) < 4.78 is 4.74. The first-order chi connectivity index (χ1) is 25.8. The van der Waals surface area contributed by atoms with Gasteiger partial charge >= 0.3 is 0 Å². The fourth-order valence-electron chi connectivity index (χ4n) is 7.20. The Balaban J connectivity index is 1.10. The van der Waals surface area contributed by atoms with E-state index in [4.69, 9.17) is 15.0 Å². The SMILES string of the molecule is c1ccc(-c2cc(-c3cccc4sc5c(-c6ccc(-c7nc8ccccc8n7-c7ccccc7)cc6)cccc5c34)nc(-c3ccccc3)n2)cc1. The molecule has 0 aliphatic heterocycles. The number of aromatic nitrogens is 4. The molecule has 0 saturated carbocycles. The van der Waals surface area contributed by atoms with Crippen LogP contribution >= 0.6 is 11.3 Å². The van der Waals surface area contributed by atoms with Gasteiger partial charge in [0.25, 0.3) is 0 Å². The number of thiophene rings is 1. The molecule has 10 rings (SSSR count). The van der Waals surface area contributed by atoms with Crippen LogP contribution in [0.15, 0.2) is 182 Å². The third kappa shape index (κ3) is 5.18. The van der Waals surface area contributed by atoms with Crippen LogP contribution in [0.5, 0.6) is 0 Å². The van der Waals surface area contributed by atoms with E-state index in [2.05, 4.69) is 150 Å². The van der Waals surface area contributed by atoms with Crippen molar-refractivity contribution in [2.45, 2.75) is 0 Å². The summed E-state index contributed by atoms with van der Waals surface area (Å²) in [6.07, 6.45) is 0. The maximum atomic E-state index is 5.19. The molecule has 0 fully saturated rings. The monoisotopic (exact) mass is 682 g/mol. The Labute approximate surface area is 305 Å². The highest BCUT2D eigenvalue weighted by Gasteiger charge is 2.18. The van der Waals surface area contributed by atoms with Crippen LogP contribution < -0.4 is 0 Å². The van der Waals surface area contributed by atoms with Gasteiger partial charge in [0.05, 0.1) is 22.4 Å². The predicted octanol–water partition coefficient (Wildman–Crippen LogP) is 12.5. The number of para-hydroxylation sites is 3. The molecule has 0 amide bonds. The Morgan fingerprint density at radius 2 is 1.08 bits per heavy atom. The molecule has 0 N–H and O–H groups in total. The summed E-state index contributed by atoms with van der Waals surface area (Å²) in [5.41, 5.74) is 11.6. The standard InChI is InChI=1S/C47H30N4S/c1-4-14-32(15-5-1)40-30-41(49-46(48-40)33-16-6-2-7-17-33)37-21-13-25-43-44(37)38-22-12-20-36(45(38)52-43)31-26-28-34(29-27-31)47-50-39-23-10-11-24-42(39)51(47)35-18-8-3-9-19-35/h1-30H. The highest BCUT2D eigenvalue weighted by Crippen LogP contribution is 2.44. The molecule has 5 heteroatoms. The summed E-state index contributed by atoms with van der Waals surface area (Å²) in [5.74, 6) is 1.65. The van der Waals surface area contributed by atoms with E-state index in [1.807, 2.05) is 47.7 Å². The second-order valence-corrected chi connectivity index (χ2v) is 13.9. The van der Waals surface area contributed by atoms with Gasteiger partial charge in [0.2, 0.25) is 0 Å². The van der Waals surface area contributed by atoms with Crippen LogP contribution in [-0.2, 0) is 0 Å². The molecule has 3 heterocycles. The average molecular weight is 683 g/mol. The van der Waals surface area contributed by atoms with Crippen molar-refractivity contribution in [1.82, 2.24) is 19.5 Å². The molecule has 3 aromatic heterocycles. The largest absolute Gasteiger partial charge is 0.292 e. The molecule has 0 atom stereocenters. The van der Waals surface area contributed by atoms with Gasteiger partial charge in [0.15, 0.2) is 5.82 Å². The molecule has 0 saturated heterocycles. The summed E-state index contributed by atoms with van der Waals surface area (Å²) in [5, 5.41) is 2.44. The first-order valence-electron chi connectivity index (χ1n) is 17.4. The zero-order valence-corrected chi connectivity index (χ0v) is 28.8. The number of fused-ring (bicyclic) bond motifs is 4. The van der Waals surface area contributed by atoms with Gasteiger partial charge in [-0.2, -0.15) is 0 Å². The third-order valence-electron chi connectivity index (χ3n) is 9.66. The second kappa shape index (κ2) is 12.6. The first kappa shape index (κ1) is 30.2. The van der Waals surface area contributed by atoms with E-state index >= 15 is 0 Å². The van der Waals surface area contributed by atoms with Crippen LogP contribution in [0, 0.1) is 0 Å². The lowest BCUT2D eigenvalue weighted by Crippen LogP contribution is -1.97. The van der Waals surface area contributed by atoms with E-state index in [0.717, 1.165) is 62.0 Å². The normalized spacial score (nSPS) is 11.5. The summed E-state index contributed by atoms with van der Waals surface area (Å²) >= 11 is 1.84. The van der Waals surface area contributed by atoms with Crippen molar-refractivity contribution in [3.8, 4) is 62.1 Å². The van der Waals surface area contributed by atoms with Crippen molar-refractivity contribution >= 4 is 42.5 Å². The first-order valence-corrected chi connectivity index (χ1v) is 18.2. The molecular formula is C47H30N4S. The second-order valence-electron chi connectivity index (χ2n) is 12.8. The van der Waals surface area contributed by atoms with Gasteiger partial charge in [-0.3, -0.25) is 4.57 Å². The summed E-state index contributed by atoms with van der Waals surface area (Å²) in [4.78, 5) is 15.3. The van der Waals surface area contributed by atoms with E-state index in [0.29, 0.717) is 0 Å². The van der Waals surface area contributed by atoms with E-state index in [9.17, 15) is 0 Å². The Morgan fingerprint density at radius 1 is 0.442 bits per heavy atom. The quantitative estimate of drug-likeness (QED) is 0.175. The number of nitrogens with zero attached hydrogens (tertiary/aromatic N) is 4. The van der Waals surface area contributed by atoms with E-state index in [1.54, 1.807) is 0 Å². The maximum absolute atomic E-state index is 5.19. The van der Waals surface area contributed by atoms with Crippen molar-refractivity contribution in [3.05, 3.63) is 182 Å². The van der Waals surface area contributed by atoms with E-state index in [-0.39, 0.29) is 0 Å². The van der Waals surface area contributed by atoms with E-state index in [1.165, 1.54) is 31.3 Å². The Kier molecular flexibility index (Phi) is 7.29. The minimum atomic E-state index is 0.718. The molecule has 244 valence electrons. The van der Waals surface area contributed by atoms with Gasteiger partial charge in [0, 0.05) is 48.1 Å². The molecule has 52 heavy (non-hydrogen) atoms. The van der Waals surface area contributed by atoms with Crippen molar-refractivity contribution in [2.75, 3.05) is 0 Å². The summed E-state index contributed by atoms with van der Waals surface area (Å²) in [7, 11) is 0. The fraction of sp³-hybridized carbons (Fsp3) is 0. The van der Waals surface area contributed by atoms with E-state index < -0.39 is 0 Å². The maximum Gasteiger partial charge on any atom is 0.160 e. The lowest BCUT2D eigenvalue weighted by molar-refractivity contribution is 1.10. The number of rotatable bonds is 6. The van der Waals surface area contributed by atoms with Crippen LogP contribution in [0.2, 0.25) is 0 Å². The lowest BCUT2D eigenvalue weighted by Gasteiger charge is -2.11. The summed E-state index contributed by atoms with van der Waals surface area (Å²) in [6.45, 7) is 0. The fourth-order valence-corrected chi connectivity index (χ4v) is 8.47. The molecule has 0 unspecified atom stereocenters. The zero-order chi connectivity index (χ0) is 34.4. The Hall–Kier alpha value is -6.69. The van der Waals surface area contributed by atoms with Crippen molar-refractivity contribution in [2.24, 2.45) is 0 Å². The average Bonchev–Trinajstić information content (AvgIpc) is 3.81. The molecular weight excluding hydrogens is 653 g/mol. The molecule has 4 nitrogen and oxygen atoms in total. The molecule has 0 aliphatic carbocycles. The predicted molar refractivity (Wildman–Crippen MR) is 217 cm³/mol. The zero-order valence-electron chi connectivity index (χ0n) is 28.0. The van der Waals surface area contributed by atoms with Gasteiger partial charge in [-0.05, 0) is 47.5 Å². The van der Waals surface area contributed by atoms with Gasteiger partial charge in [-0.25, -0.2) is 15.0 Å². The smallest absolute Gasteiger partial charge is 0.160 e. The molecule has 0 bridgehead atoms. The van der Waals surface area contributed by atoms with Gasteiger partial charge in [-0.1, -0.05) is 146 Å². The van der Waals surface area contributed by atoms with Crippen molar-refractivity contribution < 1.29 is 0 Å². The lowest BCUT2D eigenvalue weighted by atomic mass is 9.98. The molecule has 0 aliphatic rings. The van der Waals surface area contributed by atoms with Crippen LogP contribution in [0.25, 0.3) is 93.3 Å². The molecule has 7 aromatic carbocycles. The van der Waals surface area contributed by atoms with Crippen LogP contribution in [0.3, 0.4) is 0 Å². The number of hydrogen-bond acceptors (Lipinski definition) is 4. The van der Waals surface area contributed by atoms with Crippen LogP contribution in [0.4, 0.5) is 0 Å². The highest BCUT2D eigenvalue weighted by atomic mass is 32.1. The van der Waals surface area contributed by atoms with Crippen LogP contribution in [-0.4, -0.2) is 19.5 Å². The van der Waals surface area contributed by atoms with Gasteiger partial charge in [-0.15, -0.1) is 11.3 Å². The minimum Gasteiger partial charge on any atom is -0.292 e. The molecule has 0 spiro atoms. The van der Waals surface area contributed by atoms with Crippen molar-refractivity contribution in [1.29, 1.82) is 0 Å². The Morgan fingerprint density at radius 3 is 1.87 bits per heavy atom. The van der Waals surface area contributed by atoms with Gasteiger partial charge in [0.1, 0.15) is 5.82 Å². The third-order valence-corrected chi connectivity index (χ3v) is 10.9. The number of hydrogen-bond donors (Lipinski definition) is 0. The summed E-state index contributed by atoms with van der Waals surface area (Å²) in [6, 6.07) is 63.6. The molecule has 10 aromatic rings. The van der Waals surface area contributed by atoms with Gasteiger partial charge < -0.3 is 0 Å². The number of imidazole rings is 1. The van der Waals surface area contributed by atoms with Crippen molar-refractivity contribution in [3.63, 3.8) is 0 Å². The van der Waals surface area contributed by atoms with Crippen LogP contribution in [0.1, 0.15) is 0 Å². The minimum absolute atomic E-state index is 0.718. The topological polar surface area (TPSA) is 43.6 Å². The number of benzene rings is 7. The highest BCUT2D eigenvalue weighted by molar-refractivity contribution is 7.26.